The third-order valence-electron chi connectivity index (χ3n) is 0.670. The molecule has 0 aliphatic rings. The molecule has 0 fully saturated rings. The standard InChI is InChI=1S/2C3H7NS.2CH4/c2*1-2-3(4)5;;/h2*2H2,1H3,(H2,4,5);2*1H4. The molecule has 0 atom stereocenters. The number of hydrogen-bond donors (Lipinski definition) is 4. The van der Waals surface area contributed by atoms with Crippen LogP contribution in [0, 0.1) is 10.8 Å². The van der Waals surface area contributed by atoms with Gasteiger partial charge in [0, 0.05) is 0 Å². The van der Waals surface area contributed by atoms with Gasteiger partial charge in [-0.15, -0.1) is 25.3 Å². The maximum absolute atomic E-state index is 6.61. The molecule has 0 heterocycles. The van der Waals surface area contributed by atoms with Crippen LogP contribution in [-0.4, -0.2) is 10.1 Å². The van der Waals surface area contributed by atoms with Crippen LogP contribution in [0.1, 0.15) is 41.5 Å². The van der Waals surface area contributed by atoms with Gasteiger partial charge in [-0.05, 0) is 12.8 Å². The van der Waals surface area contributed by atoms with Gasteiger partial charge in [0.2, 0.25) is 0 Å². The fourth-order valence-electron chi connectivity index (χ4n) is 0. The Labute approximate surface area is 88.0 Å². The van der Waals surface area contributed by atoms with E-state index in [4.69, 9.17) is 10.8 Å². The molecule has 0 bridgehead atoms. The zero-order valence-corrected chi connectivity index (χ0v) is 8.10. The lowest BCUT2D eigenvalue weighted by Gasteiger charge is -1.76. The van der Waals surface area contributed by atoms with Gasteiger partial charge in [0.05, 0.1) is 10.1 Å². The molecule has 0 aromatic rings. The summed E-state index contributed by atoms with van der Waals surface area (Å²) in [6.45, 7) is 3.80. The Kier molecular flexibility index (Phi) is 32.6. The molecule has 76 valence electrons. The molecule has 0 aromatic heterocycles. The molecule has 0 saturated carbocycles. The maximum Gasteiger partial charge on any atom is 0.0608 e. The SMILES string of the molecule is C.C.CCC(=N)S.CCC(=N)S. The first kappa shape index (κ1) is 22.7. The van der Waals surface area contributed by atoms with E-state index in [0.29, 0.717) is 10.1 Å². The van der Waals surface area contributed by atoms with Gasteiger partial charge >= 0.3 is 0 Å². The summed E-state index contributed by atoms with van der Waals surface area (Å²) < 4.78 is 0. The van der Waals surface area contributed by atoms with E-state index in [-0.39, 0.29) is 14.9 Å². The van der Waals surface area contributed by atoms with Gasteiger partial charge < -0.3 is 0 Å². The van der Waals surface area contributed by atoms with E-state index in [1.54, 1.807) is 0 Å². The molecule has 0 radical (unpaired) electrons. The highest BCUT2D eigenvalue weighted by atomic mass is 32.1. The summed E-state index contributed by atoms with van der Waals surface area (Å²) in [5.41, 5.74) is 0. The predicted molar refractivity (Wildman–Crippen MR) is 67.5 cm³/mol. The Morgan fingerprint density at radius 1 is 0.917 bits per heavy atom. The average Bonchev–Trinajstić information content (AvgIpc) is 1.89. The lowest BCUT2D eigenvalue weighted by atomic mass is 10.5. The van der Waals surface area contributed by atoms with Crippen LogP contribution < -0.4 is 0 Å². The lowest BCUT2D eigenvalue weighted by Crippen LogP contribution is -1.72. The summed E-state index contributed by atoms with van der Waals surface area (Å²) in [5, 5.41) is 14.1. The number of nitrogens with one attached hydrogen (secondary N) is 2. The molecule has 0 amide bonds. The molecule has 0 rings (SSSR count). The van der Waals surface area contributed by atoms with Gasteiger partial charge in [0.15, 0.2) is 0 Å². The molecule has 0 spiro atoms. The van der Waals surface area contributed by atoms with Crippen LogP contribution in [0.3, 0.4) is 0 Å². The Hall–Kier alpha value is 0.0400. The molecular formula is C8H22N2S2. The molecule has 2 nitrogen and oxygen atoms in total. The van der Waals surface area contributed by atoms with E-state index in [9.17, 15) is 0 Å². The van der Waals surface area contributed by atoms with Gasteiger partial charge in [0.1, 0.15) is 0 Å². The minimum atomic E-state index is 0. The Morgan fingerprint density at radius 3 is 1.00 bits per heavy atom. The van der Waals surface area contributed by atoms with Gasteiger partial charge in [0.25, 0.3) is 0 Å². The number of thiol groups is 2. The largest absolute Gasteiger partial charge is 0.299 e. The monoisotopic (exact) mass is 210 g/mol. The summed E-state index contributed by atoms with van der Waals surface area (Å²) >= 11 is 7.36. The molecule has 0 aliphatic heterocycles. The normalized spacial score (nSPS) is 6.33. The molecule has 0 aliphatic carbocycles. The van der Waals surface area contributed by atoms with Crippen molar-refractivity contribution in [2.24, 2.45) is 0 Å². The van der Waals surface area contributed by atoms with Crippen LogP contribution in [0.25, 0.3) is 0 Å². The highest BCUT2D eigenvalue weighted by molar-refractivity contribution is 7.97. The predicted octanol–water partition coefficient (Wildman–Crippen LogP) is 3.88. The molecule has 0 unspecified atom stereocenters. The number of rotatable bonds is 2. The van der Waals surface area contributed by atoms with Crippen molar-refractivity contribution in [2.45, 2.75) is 41.5 Å². The molecule has 0 saturated heterocycles. The van der Waals surface area contributed by atoms with Crippen molar-refractivity contribution >= 4 is 35.3 Å². The molecule has 4 heteroatoms. The second-order valence-corrected chi connectivity index (χ2v) is 2.68. The van der Waals surface area contributed by atoms with Crippen molar-refractivity contribution in [1.82, 2.24) is 0 Å². The summed E-state index contributed by atoms with van der Waals surface area (Å²) in [5.74, 6) is 0. The third-order valence-corrected chi connectivity index (χ3v) is 1.30. The average molecular weight is 210 g/mol. The van der Waals surface area contributed by atoms with Gasteiger partial charge in [-0.1, -0.05) is 28.7 Å². The first-order chi connectivity index (χ1) is 4.54. The van der Waals surface area contributed by atoms with Crippen LogP contribution in [0.4, 0.5) is 0 Å². The second kappa shape index (κ2) is 17.2. The number of hydrogen-bond acceptors (Lipinski definition) is 2. The lowest BCUT2D eigenvalue weighted by molar-refractivity contribution is 1.28. The minimum Gasteiger partial charge on any atom is -0.299 e. The van der Waals surface area contributed by atoms with E-state index < -0.39 is 0 Å². The van der Waals surface area contributed by atoms with Crippen molar-refractivity contribution < 1.29 is 0 Å². The fourth-order valence-corrected chi connectivity index (χ4v) is 0. The van der Waals surface area contributed by atoms with Gasteiger partial charge in [-0.2, -0.15) is 0 Å². The molecule has 0 aromatic carbocycles. The van der Waals surface area contributed by atoms with Crippen LogP contribution in [0.2, 0.25) is 0 Å². The van der Waals surface area contributed by atoms with Crippen molar-refractivity contribution in [3.05, 3.63) is 0 Å². The van der Waals surface area contributed by atoms with Gasteiger partial charge in [-0.3, -0.25) is 10.8 Å². The van der Waals surface area contributed by atoms with Crippen molar-refractivity contribution in [1.29, 1.82) is 10.8 Å². The van der Waals surface area contributed by atoms with Crippen LogP contribution in [0.5, 0.6) is 0 Å². The fraction of sp³-hybridized carbons (Fsp3) is 0.750. The summed E-state index contributed by atoms with van der Waals surface area (Å²) in [7, 11) is 0. The molecule has 12 heavy (non-hydrogen) atoms. The summed E-state index contributed by atoms with van der Waals surface area (Å²) in [6, 6.07) is 0. The highest BCUT2D eigenvalue weighted by Gasteiger charge is 1.72. The summed E-state index contributed by atoms with van der Waals surface area (Å²) in [4.78, 5) is 0. The van der Waals surface area contributed by atoms with E-state index in [0.717, 1.165) is 12.8 Å². The Morgan fingerprint density at radius 2 is 1.00 bits per heavy atom. The van der Waals surface area contributed by atoms with Crippen molar-refractivity contribution in [2.75, 3.05) is 0 Å². The first-order valence-electron chi connectivity index (χ1n) is 3.07. The summed E-state index contributed by atoms with van der Waals surface area (Å²) in [6.07, 6.45) is 1.51. The second-order valence-electron chi connectivity index (χ2n) is 1.60. The van der Waals surface area contributed by atoms with Crippen LogP contribution in [0.15, 0.2) is 0 Å². The Bertz CT molecular complexity index is 99.6. The van der Waals surface area contributed by atoms with Crippen LogP contribution in [-0.2, 0) is 0 Å². The van der Waals surface area contributed by atoms with Crippen LogP contribution >= 0.6 is 25.3 Å². The minimum absolute atomic E-state index is 0. The Balaban J connectivity index is -0.0000000457. The third kappa shape index (κ3) is 50.3. The van der Waals surface area contributed by atoms with Crippen molar-refractivity contribution in [3.63, 3.8) is 0 Å². The zero-order valence-electron chi connectivity index (χ0n) is 6.31. The maximum atomic E-state index is 6.61. The highest BCUT2D eigenvalue weighted by Crippen LogP contribution is 1.82. The first-order valence-corrected chi connectivity index (χ1v) is 3.96. The van der Waals surface area contributed by atoms with E-state index >= 15 is 0 Å². The smallest absolute Gasteiger partial charge is 0.0608 e. The van der Waals surface area contributed by atoms with Gasteiger partial charge in [-0.25, -0.2) is 0 Å². The zero-order chi connectivity index (χ0) is 8.57. The topological polar surface area (TPSA) is 47.7 Å². The molecular weight excluding hydrogens is 188 g/mol. The van der Waals surface area contributed by atoms with E-state index in [2.05, 4.69) is 25.3 Å². The van der Waals surface area contributed by atoms with E-state index in [1.807, 2.05) is 13.8 Å². The molecule has 2 N–H and O–H groups in total. The van der Waals surface area contributed by atoms with E-state index in [1.165, 1.54) is 0 Å². The quantitative estimate of drug-likeness (QED) is 0.304. The van der Waals surface area contributed by atoms with Crippen molar-refractivity contribution in [3.8, 4) is 0 Å².